The number of hydrogen-bond acceptors (Lipinski definition) is 6. The third kappa shape index (κ3) is 11.2. The van der Waals surface area contributed by atoms with Crippen LogP contribution >= 0.6 is 0 Å². The van der Waals surface area contributed by atoms with Crippen molar-refractivity contribution in [3.63, 3.8) is 0 Å². The fourth-order valence-electron chi connectivity index (χ4n) is 1.18. The second-order valence-corrected chi connectivity index (χ2v) is 4.94. The Hall–Kier alpha value is -2.41. The predicted molar refractivity (Wildman–Crippen MR) is 87.3 cm³/mol. The van der Waals surface area contributed by atoms with Crippen LogP contribution in [-0.2, 0) is 28.6 Å². The third-order valence-corrected chi connectivity index (χ3v) is 2.70. The van der Waals surface area contributed by atoms with Gasteiger partial charge >= 0.3 is 17.9 Å². The zero-order valence-electron chi connectivity index (χ0n) is 14.1. The number of ether oxygens (including phenoxy) is 3. The van der Waals surface area contributed by atoms with Crippen LogP contribution < -0.4 is 0 Å². The van der Waals surface area contributed by atoms with Crippen LogP contribution in [0.15, 0.2) is 36.5 Å². The van der Waals surface area contributed by atoms with E-state index < -0.39 is 11.9 Å². The molecule has 0 amide bonds. The van der Waals surface area contributed by atoms with Gasteiger partial charge in [-0.3, -0.25) is 0 Å². The van der Waals surface area contributed by atoms with E-state index in [4.69, 9.17) is 14.6 Å². The summed E-state index contributed by atoms with van der Waals surface area (Å²) in [6.07, 6.45) is 4.22. The molecule has 1 rings (SSSR count). The van der Waals surface area contributed by atoms with Crippen LogP contribution in [-0.4, -0.2) is 48.9 Å². The van der Waals surface area contributed by atoms with Crippen molar-refractivity contribution in [1.82, 2.24) is 0 Å². The van der Waals surface area contributed by atoms with Crippen molar-refractivity contribution in [3.05, 3.63) is 36.5 Å². The van der Waals surface area contributed by atoms with Crippen LogP contribution in [0.3, 0.4) is 0 Å². The Morgan fingerprint density at radius 2 is 1.96 bits per heavy atom. The summed E-state index contributed by atoms with van der Waals surface area (Å²) in [6.45, 7) is 11.5. The SMILES string of the molecule is C=C(C=C(C)C(=O)O)C(=O)OCCCC.C=CC(=O)OCC1CO1. The highest BCUT2D eigenvalue weighted by atomic mass is 16.6. The zero-order chi connectivity index (χ0) is 18.5. The van der Waals surface area contributed by atoms with Gasteiger partial charge in [0, 0.05) is 11.6 Å². The van der Waals surface area contributed by atoms with Gasteiger partial charge in [0.2, 0.25) is 0 Å². The molecule has 0 aromatic heterocycles. The van der Waals surface area contributed by atoms with Crippen molar-refractivity contribution < 1.29 is 33.7 Å². The van der Waals surface area contributed by atoms with Gasteiger partial charge in [-0.2, -0.15) is 0 Å². The van der Waals surface area contributed by atoms with E-state index in [2.05, 4.69) is 17.9 Å². The molecular weight excluding hydrogens is 316 g/mol. The Kier molecular flexibility index (Phi) is 10.9. The number of carboxylic acids is 1. The molecule has 0 aromatic rings. The Bertz CT molecular complexity index is 501. The normalized spacial score (nSPS) is 15.4. The number of carbonyl (C=O) groups excluding carboxylic acids is 2. The van der Waals surface area contributed by atoms with Crippen molar-refractivity contribution in [2.75, 3.05) is 19.8 Å². The molecular formula is C17H24O7. The van der Waals surface area contributed by atoms with E-state index in [0.29, 0.717) is 19.8 Å². The number of carboxylic acid groups (broad SMARTS) is 1. The van der Waals surface area contributed by atoms with Crippen molar-refractivity contribution in [2.45, 2.75) is 32.8 Å². The first-order chi connectivity index (χ1) is 11.3. The maximum atomic E-state index is 11.2. The first kappa shape index (κ1) is 21.6. The maximum Gasteiger partial charge on any atom is 0.337 e. The molecule has 7 nitrogen and oxygen atoms in total. The predicted octanol–water partition coefficient (Wildman–Crippen LogP) is 2.03. The summed E-state index contributed by atoms with van der Waals surface area (Å²) in [5, 5.41) is 8.57. The minimum atomic E-state index is -1.07. The van der Waals surface area contributed by atoms with E-state index in [1.54, 1.807) is 0 Å². The van der Waals surface area contributed by atoms with Crippen molar-refractivity contribution in [1.29, 1.82) is 0 Å². The van der Waals surface area contributed by atoms with Gasteiger partial charge in [-0.15, -0.1) is 0 Å². The number of rotatable bonds is 9. The Morgan fingerprint density at radius 1 is 1.33 bits per heavy atom. The maximum absolute atomic E-state index is 11.2. The summed E-state index contributed by atoms with van der Waals surface area (Å²) in [5.41, 5.74) is 0.124. The van der Waals surface area contributed by atoms with Crippen molar-refractivity contribution in [3.8, 4) is 0 Å². The lowest BCUT2D eigenvalue weighted by Gasteiger charge is -2.03. The van der Waals surface area contributed by atoms with E-state index in [1.807, 2.05) is 6.92 Å². The van der Waals surface area contributed by atoms with Gasteiger partial charge < -0.3 is 19.3 Å². The first-order valence-electron chi connectivity index (χ1n) is 7.50. The molecule has 0 saturated carbocycles. The van der Waals surface area contributed by atoms with Gasteiger partial charge in [0.25, 0.3) is 0 Å². The fraction of sp³-hybridized carbons (Fsp3) is 0.471. The minimum Gasteiger partial charge on any atom is -0.478 e. The van der Waals surface area contributed by atoms with E-state index in [0.717, 1.165) is 18.9 Å². The highest BCUT2D eigenvalue weighted by Gasteiger charge is 2.23. The van der Waals surface area contributed by atoms with Gasteiger partial charge in [0.05, 0.1) is 18.8 Å². The van der Waals surface area contributed by atoms with E-state index in [1.165, 1.54) is 13.0 Å². The fourth-order valence-corrected chi connectivity index (χ4v) is 1.18. The van der Waals surface area contributed by atoms with Gasteiger partial charge in [-0.1, -0.05) is 26.5 Å². The van der Waals surface area contributed by atoms with Gasteiger partial charge in [0.1, 0.15) is 12.7 Å². The molecule has 1 unspecified atom stereocenters. The Morgan fingerprint density at radius 3 is 2.42 bits per heavy atom. The van der Waals surface area contributed by atoms with Gasteiger partial charge in [0.15, 0.2) is 0 Å². The summed E-state index contributed by atoms with van der Waals surface area (Å²) < 4.78 is 14.3. The summed E-state index contributed by atoms with van der Waals surface area (Å²) in [6, 6.07) is 0. The van der Waals surface area contributed by atoms with Crippen LogP contribution in [0, 0.1) is 0 Å². The summed E-state index contributed by atoms with van der Waals surface area (Å²) in [5.74, 6) is -2.02. The molecule has 0 bridgehead atoms. The first-order valence-corrected chi connectivity index (χ1v) is 7.50. The molecule has 1 saturated heterocycles. The second kappa shape index (κ2) is 12.1. The molecule has 0 aromatic carbocycles. The standard InChI is InChI=1S/C11H16O4.C6H8O3/c1-4-5-6-15-11(14)9(3)7-8(2)10(12)13;1-2-6(7)9-4-5-3-8-5/h7H,3-6H2,1-2H3,(H,12,13);2,5H,1,3-4H2. The third-order valence-electron chi connectivity index (χ3n) is 2.70. The molecule has 1 fully saturated rings. The average molecular weight is 340 g/mol. The lowest BCUT2D eigenvalue weighted by molar-refractivity contribution is -0.139. The number of carbonyl (C=O) groups is 3. The quantitative estimate of drug-likeness (QED) is 0.225. The van der Waals surface area contributed by atoms with Crippen LogP contribution in [0.5, 0.6) is 0 Å². The highest BCUT2D eigenvalue weighted by molar-refractivity contribution is 5.94. The zero-order valence-corrected chi connectivity index (χ0v) is 14.1. The van der Waals surface area contributed by atoms with Crippen LogP contribution in [0.2, 0.25) is 0 Å². The van der Waals surface area contributed by atoms with E-state index in [-0.39, 0.29) is 23.2 Å². The molecule has 1 aliphatic heterocycles. The smallest absolute Gasteiger partial charge is 0.337 e. The molecule has 134 valence electrons. The lowest BCUT2D eigenvalue weighted by atomic mass is 10.2. The minimum absolute atomic E-state index is 0.0611. The van der Waals surface area contributed by atoms with Crippen LogP contribution in [0.25, 0.3) is 0 Å². The summed E-state index contributed by atoms with van der Waals surface area (Å²) in [7, 11) is 0. The number of esters is 2. The molecule has 1 N–H and O–H groups in total. The molecule has 7 heteroatoms. The molecule has 0 aliphatic carbocycles. The molecule has 1 atom stereocenters. The topological polar surface area (TPSA) is 102 Å². The van der Waals surface area contributed by atoms with Crippen LogP contribution in [0.4, 0.5) is 0 Å². The average Bonchev–Trinajstić information content (AvgIpc) is 3.37. The molecule has 0 spiro atoms. The van der Waals surface area contributed by atoms with Gasteiger partial charge in [-0.05, 0) is 19.4 Å². The number of unbranched alkanes of at least 4 members (excludes halogenated alkanes) is 1. The molecule has 24 heavy (non-hydrogen) atoms. The van der Waals surface area contributed by atoms with E-state index in [9.17, 15) is 14.4 Å². The Balaban J connectivity index is 0.000000496. The van der Waals surface area contributed by atoms with E-state index >= 15 is 0 Å². The monoisotopic (exact) mass is 340 g/mol. The molecule has 1 heterocycles. The van der Waals surface area contributed by atoms with Crippen molar-refractivity contribution in [2.24, 2.45) is 0 Å². The second-order valence-electron chi connectivity index (χ2n) is 4.94. The Labute approximate surface area is 141 Å². The van der Waals surface area contributed by atoms with Crippen LogP contribution in [0.1, 0.15) is 26.7 Å². The molecule has 0 radical (unpaired) electrons. The summed E-state index contributed by atoms with van der Waals surface area (Å²) in [4.78, 5) is 32.0. The van der Waals surface area contributed by atoms with Crippen molar-refractivity contribution >= 4 is 17.9 Å². The summed E-state index contributed by atoms with van der Waals surface area (Å²) >= 11 is 0. The number of hydrogen-bond donors (Lipinski definition) is 1. The number of epoxide rings is 1. The lowest BCUT2D eigenvalue weighted by Crippen LogP contribution is -2.08. The molecule has 1 aliphatic rings. The number of aliphatic carboxylic acids is 1. The highest BCUT2D eigenvalue weighted by Crippen LogP contribution is 2.08. The van der Waals surface area contributed by atoms with Gasteiger partial charge in [-0.25, -0.2) is 14.4 Å². The largest absolute Gasteiger partial charge is 0.478 e.